The molecule has 2 heterocycles. The minimum atomic E-state index is 0.187. The first-order valence-corrected chi connectivity index (χ1v) is 8.97. The molecule has 1 aliphatic carbocycles. The molecule has 27 heavy (non-hydrogen) atoms. The number of nitrogens with zero attached hydrogens (tertiary/aromatic N) is 4. The molecule has 0 saturated heterocycles. The van der Waals surface area contributed by atoms with E-state index in [1.807, 2.05) is 23.7 Å². The van der Waals surface area contributed by atoms with Crippen molar-refractivity contribution in [2.75, 3.05) is 5.73 Å². The summed E-state index contributed by atoms with van der Waals surface area (Å²) in [5.41, 5.74) is 11.9. The summed E-state index contributed by atoms with van der Waals surface area (Å²) < 4.78 is 1.97. The summed E-state index contributed by atoms with van der Waals surface area (Å²) in [7, 11) is 0. The van der Waals surface area contributed by atoms with E-state index in [1.165, 1.54) is 17.5 Å². The molecule has 0 spiro atoms. The topological polar surface area (TPSA) is 89.9 Å². The van der Waals surface area contributed by atoms with Crippen LogP contribution in [0.3, 0.4) is 0 Å². The average Bonchev–Trinajstić information content (AvgIpc) is 3.26. The lowest BCUT2D eigenvalue weighted by atomic mass is 10.1. The van der Waals surface area contributed by atoms with Crippen molar-refractivity contribution in [2.45, 2.75) is 25.8 Å². The van der Waals surface area contributed by atoms with Crippen LogP contribution in [0.2, 0.25) is 0 Å². The number of phenolic OH excluding ortho intramolecular Hbond substituents is 1. The predicted octanol–water partition coefficient (Wildman–Crippen LogP) is 3.43. The summed E-state index contributed by atoms with van der Waals surface area (Å²) in [6, 6.07) is 14.2. The van der Waals surface area contributed by atoms with E-state index in [0.717, 1.165) is 35.0 Å². The number of anilines is 1. The highest BCUT2D eigenvalue weighted by atomic mass is 16.3. The number of nitrogens with two attached hydrogens (primary N) is 1. The van der Waals surface area contributed by atoms with Crippen molar-refractivity contribution in [3.05, 3.63) is 65.5 Å². The summed E-state index contributed by atoms with van der Waals surface area (Å²) >= 11 is 0. The van der Waals surface area contributed by atoms with E-state index in [9.17, 15) is 5.11 Å². The van der Waals surface area contributed by atoms with Gasteiger partial charge in [-0.15, -0.1) is 0 Å². The number of phenols is 1. The van der Waals surface area contributed by atoms with Crippen LogP contribution in [0.5, 0.6) is 5.75 Å². The fraction of sp³-hybridized carbons (Fsp3) is 0.190. The summed E-state index contributed by atoms with van der Waals surface area (Å²) in [6.45, 7) is 1.86. The Kier molecular flexibility index (Phi) is 3.40. The predicted molar refractivity (Wildman–Crippen MR) is 104 cm³/mol. The number of hydrogen-bond donors (Lipinski definition) is 2. The van der Waals surface area contributed by atoms with Crippen molar-refractivity contribution in [1.29, 1.82) is 0 Å². The highest BCUT2D eigenvalue weighted by Gasteiger charge is 2.27. The third-order valence-electron chi connectivity index (χ3n) is 5.38. The van der Waals surface area contributed by atoms with Crippen LogP contribution in [0, 0.1) is 6.92 Å². The summed E-state index contributed by atoms with van der Waals surface area (Å²) in [6.07, 6.45) is 3.30. The lowest BCUT2D eigenvalue weighted by Crippen LogP contribution is -2.11. The van der Waals surface area contributed by atoms with Gasteiger partial charge in [0.2, 0.25) is 0 Å². The SMILES string of the molecule is Cc1ccc(-c2nn(C3Cc4ccccc4C3)c3ncnc(N)c23)cc1O. The van der Waals surface area contributed by atoms with Crippen LogP contribution < -0.4 is 5.73 Å². The van der Waals surface area contributed by atoms with Gasteiger partial charge in [-0.2, -0.15) is 5.10 Å². The zero-order valence-corrected chi connectivity index (χ0v) is 14.9. The molecule has 2 aromatic carbocycles. The monoisotopic (exact) mass is 357 g/mol. The van der Waals surface area contributed by atoms with E-state index in [-0.39, 0.29) is 11.8 Å². The van der Waals surface area contributed by atoms with E-state index < -0.39 is 0 Å². The molecule has 0 radical (unpaired) electrons. The second-order valence-electron chi connectivity index (χ2n) is 7.08. The molecule has 0 aliphatic heterocycles. The molecule has 3 N–H and O–H groups in total. The van der Waals surface area contributed by atoms with Gasteiger partial charge >= 0.3 is 0 Å². The zero-order chi connectivity index (χ0) is 18.5. The first-order valence-electron chi connectivity index (χ1n) is 8.97. The number of aromatic hydroxyl groups is 1. The number of aryl methyl sites for hydroxylation is 1. The molecule has 134 valence electrons. The lowest BCUT2D eigenvalue weighted by Gasteiger charge is -2.10. The van der Waals surface area contributed by atoms with Gasteiger partial charge in [0.05, 0.1) is 11.4 Å². The summed E-state index contributed by atoms with van der Waals surface area (Å²) in [5.74, 6) is 0.635. The Hall–Kier alpha value is -3.41. The summed E-state index contributed by atoms with van der Waals surface area (Å²) in [5, 5.41) is 15.8. The van der Waals surface area contributed by atoms with Crippen molar-refractivity contribution in [3.8, 4) is 17.0 Å². The van der Waals surface area contributed by atoms with Gasteiger partial charge in [-0.05, 0) is 42.5 Å². The Morgan fingerprint density at radius 2 is 1.81 bits per heavy atom. The molecule has 0 amide bonds. The van der Waals surface area contributed by atoms with E-state index in [4.69, 9.17) is 10.8 Å². The maximum atomic E-state index is 10.1. The average molecular weight is 357 g/mol. The minimum absolute atomic E-state index is 0.187. The number of hydrogen-bond acceptors (Lipinski definition) is 5. The molecule has 6 nitrogen and oxygen atoms in total. The van der Waals surface area contributed by atoms with Crippen molar-refractivity contribution in [2.24, 2.45) is 0 Å². The van der Waals surface area contributed by atoms with Crippen LogP contribution in [-0.4, -0.2) is 24.9 Å². The Morgan fingerprint density at radius 1 is 1.07 bits per heavy atom. The number of aromatic nitrogens is 4. The lowest BCUT2D eigenvalue weighted by molar-refractivity contribution is 0.471. The van der Waals surface area contributed by atoms with Gasteiger partial charge in [-0.25, -0.2) is 14.6 Å². The van der Waals surface area contributed by atoms with E-state index in [2.05, 4.69) is 34.2 Å². The maximum Gasteiger partial charge on any atom is 0.164 e. The standard InChI is InChI=1S/C21H19N5O/c1-12-6-7-15(10-17(12)27)19-18-20(22)23-11-24-21(18)26(25-19)16-8-13-4-2-3-5-14(13)9-16/h2-7,10-11,16,27H,8-9H2,1H3,(H2,22,23,24). The Morgan fingerprint density at radius 3 is 2.52 bits per heavy atom. The molecule has 6 heteroatoms. The molecular formula is C21H19N5O. The largest absolute Gasteiger partial charge is 0.508 e. The van der Waals surface area contributed by atoms with Gasteiger partial charge < -0.3 is 10.8 Å². The molecule has 4 aromatic rings. The first-order chi connectivity index (χ1) is 13.1. The number of benzene rings is 2. The molecule has 2 aromatic heterocycles. The fourth-order valence-electron chi connectivity index (χ4n) is 3.92. The molecular weight excluding hydrogens is 338 g/mol. The molecule has 1 aliphatic rings. The van der Waals surface area contributed by atoms with E-state index in [0.29, 0.717) is 11.5 Å². The van der Waals surface area contributed by atoms with Crippen molar-refractivity contribution in [1.82, 2.24) is 19.7 Å². The molecule has 0 fully saturated rings. The van der Waals surface area contributed by atoms with Gasteiger partial charge in [0.15, 0.2) is 5.65 Å². The van der Waals surface area contributed by atoms with E-state index >= 15 is 0 Å². The van der Waals surface area contributed by atoms with Crippen LogP contribution >= 0.6 is 0 Å². The van der Waals surface area contributed by atoms with Crippen LogP contribution in [0.4, 0.5) is 5.82 Å². The Balaban J connectivity index is 1.69. The van der Waals surface area contributed by atoms with Gasteiger partial charge in [0, 0.05) is 5.56 Å². The van der Waals surface area contributed by atoms with Crippen LogP contribution in [0.1, 0.15) is 22.7 Å². The highest BCUT2D eigenvalue weighted by molar-refractivity contribution is 5.98. The quantitative estimate of drug-likeness (QED) is 0.574. The highest BCUT2D eigenvalue weighted by Crippen LogP contribution is 2.37. The molecule has 0 saturated carbocycles. The fourth-order valence-corrected chi connectivity index (χ4v) is 3.92. The van der Waals surface area contributed by atoms with Crippen molar-refractivity contribution in [3.63, 3.8) is 0 Å². The smallest absolute Gasteiger partial charge is 0.164 e. The van der Waals surface area contributed by atoms with Crippen molar-refractivity contribution < 1.29 is 5.11 Å². The van der Waals surface area contributed by atoms with E-state index in [1.54, 1.807) is 6.07 Å². The number of fused-ring (bicyclic) bond motifs is 2. The maximum absolute atomic E-state index is 10.1. The Labute approximate surface area is 156 Å². The normalized spacial score (nSPS) is 14.0. The van der Waals surface area contributed by atoms with Gasteiger partial charge in [0.25, 0.3) is 0 Å². The number of rotatable bonds is 2. The minimum Gasteiger partial charge on any atom is -0.508 e. The van der Waals surface area contributed by atoms with Crippen molar-refractivity contribution >= 4 is 16.9 Å². The molecule has 0 atom stereocenters. The third-order valence-corrected chi connectivity index (χ3v) is 5.38. The van der Waals surface area contributed by atoms with Gasteiger partial charge in [-0.3, -0.25) is 0 Å². The first kappa shape index (κ1) is 15.8. The zero-order valence-electron chi connectivity index (χ0n) is 14.9. The van der Waals surface area contributed by atoms with Crippen LogP contribution in [-0.2, 0) is 12.8 Å². The molecule has 0 unspecified atom stereocenters. The second kappa shape index (κ2) is 5.81. The number of nitrogen functional groups attached to an aromatic ring is 1. The molecule has 5 rings (SSSR count). The molecule has 0 bridgehead atoms. The van der Waals surface area contributed by atoms with Gasteiger partial charge in [-0.1, -0.05) is 36.4 Å². The van der Waals surface area contributed by atoms with Gasteiger partial charge in [0.1, 0.15) is 23.6 Å². The summed E-state index contributed by atoms with van der Waals surface area (Å²) in [4.78, 5) is 8.65. The second-order valence-corrected chi connectivity index (χ2v) is 7.08. The third kappa shape index (κ3) is 2.44. The van der Waals surface area contributed by atoms with Crippen LogP contribution in [0.15, 0.2) is 48.8 Å². The Bertz CT molecular complexity index is 1160. The van der Waals surface area contributed by atoms with Crippen LogP contribution in [0.25, 0.3) is 22.3 Å².